The molecule has 0 aromatic heterocycles. The zero-order valence-electron chi connectivity index (χ0n) is 10.7. The molecule has 0 aromatic carbocycles. The van der Waals surface area contributed by atoms with Gasteiger partial charge in [0.1, 0.15) is 0 Å². The summed E-state index contributed by atoms with van der Waals surface area (Å²) in [5.41, 5.74) is 0. The standard InChI is InChI=1S/C9H20N2.2CH3.Sn/c1-8(2)10-6-5-7-11-9(3)4;;;/h8-9H,5-7H2,1-4H3;2*1H3;/q-2;;;+2. The van der Waals surface area contributed by atoms with Crippen molar-refractivity contribution in [2.45, 2.75) is 56.1 Å². The molecule has 1 heterocycles. The molecule has 0 aromatic rings. The molecule has 0 amide bonds. The molecule has 1 rings (SSSR count). The van der Waals surface area contributed by atoms with Gasteiger partial charge in [-0.3, -0.25) is 0 Å². The van der Waals surface area contributed by atoms with Gasteiger partial charge in [0, 0.05) is 0 Å². The van der Waals surface area contributed by atoms with Crippen LogP contribution in [0.15, 0.2) is 0 Å². The Morgan fingerprint density at radius 3 is 1.50 bits per heavy atom. The Labute approximate surface area is 94.2 Å². The van der Waals surface area contributed by atoms with E-state index in [2.05, 4.69) is 43.8 Å². The van der Waals surface area contributed by atoms with E-state index >= 15 is 0 Å². The van der Waals surface area contributed by atoms with Crippen LogP contribution in [0.3, 0.4) is 0 Å². The van der Waals surface area contributed by atoms with Crippen molar-refractivity contribution < 1.29 is 0 Å². The van der Waals surface area contributed by atoms with Crippen LogP contribution in [-0.4, -0.2) is 50.3 Å². The van der Waals surface area contributed by atoms with Gasteiger partial charge >= 0.3 is 94.3 Å². The second-order valence-corrected chi connectivity index (χ2v) is 17.2. The van der Waals surface area contributed by atoms with E-state index in [9.17, 15) is 0 Å². The van der Waals surface area contributed by atoms with Gasteiger partial charge in [-0.25, -0.2) is 0 Å². The first-order chi connectivity index (χ1) is 6.37. The van der Waals surface area contributed by atoms with Gasteiger partial charge in [-0.2, -0.15) is 0 Å². The Morgan fingerprint density at radius 1 is 0.857 bits per heavy atom. The maximum atomic E-state index is 2.82. The Hall–Kier alpha value is 0.719. The van der Waals surface area contributed by atoms with Crippen LogP contribution in [0.2, 0.25) is 9.88 Å². The summed E-state index contributed by atoms with van der Waals surface area (Å²) in [5.74, 6) is 0. The van der Waals surface area contributed by atoms with Crippen molar-refractivity contribution in [1.29, 1.82) is 0 Å². The average molecular weight is 305 g/mol. The predicted octanol–water partition coefficient (Wildman–Crippen LogP) is 2.51. The van der Waals surface area contributed by atoms with E-state index in [1.165, 1.54) is 19.5 Å². The summed E-state index contributed by atoms with van der Waals surface area (Å²) >= 11 is -2.09. The third kappa shape index (κ3) is 2.45. The summed E-state index contributed by atoms with van der Waals surface area (Å²) < 4.78 is 5.64. The molecule has 0 unspecified atom stereocenters. The summed E-state index contributed by atoms with van der Waals surface area (Å²) in [6, 6.07) is 1.48. The predicted molar refractivity (Wildman–Crippen MR) is 65.8 cm³/mol. The van der Waals surface area contributed by atoms with Gasteiger partial charge in [0.05, 0.1) is 0 Å². The maximum absolute atomic E-state index is 2.82. The van der Waals surface area contributed by atoms with E-state index in [0.29, 0.717) is 0 Å². The summed E-state index contributed by atoms with van der Waals surface area (Å²) in [6.45, 7) is 12.1. The zero-order valence-corrected chi connectivity index (χ0v) is 13.5. The van der Waals surface area contributed by atoms with Gasteiger partial charge in [0.15, 0.2) is 0 Å². The van der Waals surface area contributed by atoms with Gasteiger partial charge in [0.2, 0.25) is 0 Å². The molecule has 1 aliphatic rings. The van der Waals surface area contributed by atoms with E-state index in [-0.39, 0.29) is 0 Å². The summed E-state index contributed by atoms with van der Waals surface area (Å²) in [7, 11) is 0. The Balaban J connectivity index is 2.81. The molecular formula is C11H26N2Sn. The average Bonchev–Trinajstić information content (AvgIpc) is 2.01. The van der Waals surface area contributed by atoms with Crippen LogP contribution in [0, 0.1) is 0 Å². The van der Waals surface area contributed by atoms with Crippen molar-refractivity contribution in [3.05, 3.63) is 0 Å². The monoisotopic (exact) mass is 306 g/mol. The second-order valence-electron chi connectivity index (χ2n) is 5.42. The van der Waals surface area contributed by atoms with Crippen molar-refractivity contribution in [2.75, 3.05) is 13.1 Å². The summed E-state index contributed by atoms with van der Waals surface area (Å²) in [5, 5.41) is 0. The van der Waals surface area contributed by atoms with E-state index < -0.39 is 18.9 Å². The molecule has 1 saturated heterocycles. The molecule has 0 N–H and O–H groups in total. The van der Waals surface area contributed by atoms with E-state index in [0.717, 1.165) is 12.1 Å². The minimum absolute atomic E-state index is 0.738. The van der Waals surface area contributed by atoms with Crippen LogP contribution in [0.4, 0.5) is 0 Å². The van der Waals surface area contributed by atoms with E-state index in [1.807, 2.05) is 0 Å². The summed E-state index contributed by atoms with van der Waals surface area (Å²) in [6.07, 6.45) is 1.36. The molecule has 0 spiro atoms. The first-order valence-corrected chi connectivity index (χ1v) is 14.2. The molecule has 0 aliphatic carbocycles. The van der Waals surface area contributed by atoms with E-state index in [1.54, 1.807) is 0 Å². The van der Waals surface area contributed by atoms with Gasteiger partial charge in [-0.15, -0.1) is 0 Å². The second kappa shape index (κ2) is 4.70. The molecule has 3 heteroatoms. The fourth-order valence-electron chi connectivity index (χ4n) is 2.90. The first-order valence-electron chi connectivity index (χ1n) is 5.91. The number of nitrogens with zero attached hydrogens (tertiary/aromatic N) is 2. The summed E-state index contributed by atoms with van der Waals surface area (Å²) in [4.78, 5) is 5.13. The van der Waals surface area contributed by atoms with Crippen LogP contribution < -0.4 is 0 Å². The topological polar surface area (TPSA) is 6.48 Å². The van der Waals surface area contributed by atoms with Crippen LogP contribution in [0.5, 0.6) is 0 Å². The van der Waals surface area contributed by atoms with Crippen molar-refractivity contribution in [3.8, 4) is 0 Å². The molecule has 14 heavy (non-hydrogen) atoms. The molecule has 0 bridgehead atoms. The van der Waals surface area contributed by atoms with Gasteiger partial charge in [0.25, 0.3) is 0 Å². The Bertz CT molecular complexity index is 172. The van der Waals surface area contributed by atoms with Crippen molar-refractivity contribution in [1.82, 2.24) is 6.24 Å². The molecule has 2 nitrogen and oxygen atoms in total. The molecule has 0 atom stereocenters. The van der Waals surface area contributed by atoms with Gasteiger partial charge in [-0.1, -0.05) is 0 Å². The third-order valence-electron chi connectivity index (χ3n) is 3.45. The molecular weight excluding hydrogens is 279 g/mol. The van der Waals surface area contributed by atoms with Crippen molar-refractivity contribution in [3.63, 3.8) is 0 Å². The molecule has 1 fully saturated rings. The zero-order chi connectivity index (χ0) is 10.9. The quantitative estimate of drug-likeness (QED) is 0.723. The Morgan fingerprint density at radius 2 is 1.21 bits per heavy atom. The minimum atomic E-state index is -2.09. The fourth-order valence-corrected chi connectivity index (χ4v) is 15.1. The van der Waals surface area contributed by atoms with Crippen LogP contribution in [0.1, 0.15) is 34.1 Å². The van der Waals surface area contributed by atoms with Crippen molar-refractivity contribution in [2.24, 2.45) is 0 Å². The molecule has 1 aliphatic heterocycles. The van der Waals surface area contributed by atoms with Crippen LogP contribution >= 0.6 is 0 Å². The Kier molecular flexibility index (Phi) is 4.30. The van der Waals surface area contributed by atoms with Crippen molar-refractivity contribution >= 4 is 18.9 Å². The van der Waals surface area contributed by atoms with Gasteiger partial charge < -0.3 is 0 Å². The van der Waals surface area contributed by atoms with Gasteiger partial charge in [-0.05, 0) is 0 Å². The SMILES string of the molecule is CC(C)[N]1CCC[N](C(C)C)[Sn]1([CH3])[CH3]. The molecule has 84 valence electrons. The molecule has 0 saturated carbocycles. The van der Waals surface area contributed by atoms with Crippen LogP contribution in [0.25, 0.3) is 0 Å². The van der Waals surface area contributed by atoms with E-state index in [4.69, 9.17) is 0 Å². The molecule has 0 radical (unpaired) electrons. The third-order valence-corrected chi connectivity index (χ3v) is 15.7. The number of rotatable bonds is 2. The normalized spacial score (nSPS) is 24.9. The first kappa shape index (κ1) is 12.8. The number of hydrogen-bond acceptors (Lipinski definition) is 2. The number of hydrogen-bond donors (Lipinski definition) is 0. The van der Waals surface area contributed by atoms with Crippen LogP contribution in [-0.2, 0) is 0 Å². The fraction of sp³-hybridized carbons (Fsp3) is 1.00.